The fourth-order valence-electron chi connectivity index (χ4n) is 1.67. The molecule has 21 heavy (non-hydrogen) atoms. The van der Waals surface area contributed by atoms with E-state index in [0.717, 1.165) is 11.8 Å². The molecule has 0 aliphatic carbocycles. The monoisotopic (exact) mass is 368 g/mol. The second kappa shape index (κ2) is 6.23. The van der Waals surface area contributed by atoms with Crippen molar-refractivity contribution in [3.8, 4) is 0 Å². The van der Waals surface area contributed by atoms with Crippen molar-refractivity contribution in [2.45, 2.75) is 16.8 Å². The predicted molar refractivity (Wildman–Crippen MR) is 80.9 cm³/mol. The number of hydrogen-bond acceptors (Lipinski definition) is 5. The Hall–Kier alpha value is -1.93. The van der Waals surface area contributed by atoms with Crippen molar-refractivity contribution >= 4 is 39.3 Å². The van der Waals surface area contributed by atoms with E-state index in [0.29, 0.717) is 14.9 Å². The van der Waals surface area contributed by atoms with Crippen LogP contribution < -0.4 is 0 Å². The van der Waals surface area contributed by atoms with Crippen molar-refractivity contribution in [3.05, 3.63) is 56.2 Å². The van der Waals surface area contributed by atoms with Gasteiger partial charge in [-0.15, -0.1) is 0 Å². The molecule has 0 fully saturated rings. The van der Waals surface area contributed by atoms with Gasteiger partial charge in [0, 0.05) is 21.1 Å². The number of rotatable bonds is 4. The van der Waals surface area contributed by atoms with Crippen molar-refractivity contribution < 1.29 is 14.8 Å². The van der Waals surface area contributed by atoms with Crippen LogP contribution in [0.2, 0.25) is 0 Å². The summed E-state index contributed by atoms with van der Waals surface area (Å²) in [6.07, 6.45) is 1.49. The molecule has 0 saturated heterocycles. The zero-order valence-electron chi connectivity index (χ0n) is 10.7. The molecule has 0 unspecified atom stereocenters. The third kappa shape index (κ3) is 3.40. The third-order valence-corrected chi connectivity index (χ3v) is 4.33. The second-order valence-electron chi connectivity index (χ2n) is 4.09. The zero-order chi connectivity index (χ0) is 15.6. The average Bonchev–Trinajstić information content (AvgIpc) is 2.40. The van der Waals surface area contributed by atoms with Crippen molar-refractivity contribution in [2.75, 3.05) is 0 Å². The maximum Gasteiger partial charge on any atom is 0.336 e. The first kappa shape index (κ1) is 15.5. The minimum Gasteiger partial charge on any atom is -0.478 e. The van der Waals surface area contributed by atoms with E-state index in [4.69, 9.17) is 5.11 Å². The lowest BCUT2D eigenvalue weighted by atomic mass is 10.2. The van der Waals surface area contributed by atoms with E-state index in [1.807, 2.05) is 0 Å². The maximum absolute atomic E-state index is 11.1. The summed E-state index contributed by atoms with van der Waals surface area (Å²) in [7, 11) is 0. The number of carbonyl (C=O) groups is 1. The summed E-state index contributed by atoms with van der Waals surface area (Å²) in [6.45, 7) is 1.63. The smallest absolute Gasteiger partial charge is 0.336 e. The molecule has 6 nitrogen and oxygen atoms in total. The van der Waals surface area contributed by atoms with E-state index in [1.54, 1.807) is 25.1 Å². The lowest BCUT2D eigenvalue weighted by Gasteiger charge is -2.06. The van der Waals surface area contributed by atoms with E-state index >= 15 is 0 Å². The molecular weight excluding hydrogens is 360 g/mol. The lowest BCUT2D eigenvalue weighted by molar-refractivity contribution is -0.388. The highest BCUT2D eigenvalue weighted by Gasteiger charge is 2.20. The van der Waals surface area contributed by atoms with Gasteiger partial charge in [-0.25, -0.2) is 9.78 Å². The van der Waals surface area contributed by atoms with Gasteiger partial charge in [-0.1, -0.05) is 11.8 Å². The second-order valence-corrected chi connectivity index (χ2v) is 6.00. The standard InChI is InChI=1S/C13H9BrN2O4S/c1-7-4-5-15-12(11(7)16(19)20)21-8-2-3-10(14)9(6-8)13(17)18/h2-6H,1H3,(H,17,18). The molecule has 1 aromatic carbocycles. The van der Waals surface area contributed by atoms with Gasteiger partial charge in [0.1, 0.15) is 0 Å². The minimum atomic E-state index is -1.07. The quantitative estimate of drug-likeness (QED) is 0.649. The third-order valence-electron chi connectivity index (χ3n) is 2.66. The highest BCUT2D eigenvalue weighted by molar-refractivity contribution is 9.10. The molecule has 0 aliphatic heterocycles. The summed E-state index contributed by atoms with van der Waals surface area (Å²) in [4.78, 5) is 26.3. The largest absolute Gasteiger partial charge is 0.478 e. The van der Waals surface area contributed by atoms with Crippen molar-refractivity contribution in [2.24, 2.45) is 0 Å². The number of carboxylic acid groups (broad SMARTS) is 1. The first-order valence-electron chi connectivity index (χ1n) is 5.71. The van der Waals surface area contributed by atoms with Crippen LogP contribution in [0.15, 0.2) is 44.9 Å². The molecule has 108 valence electrons. The number of hydrogen-bond donors (Lipinski definition) is 1. The Balaban J connectivity index is 2.44. The summed E-state index contributed by atoms with van der Waals surface area (Å²) in [5, 5.41) is 20.4. The van der Waals surface area contributed by atoms with Crippen LogP contribution in [0.5, 0.6) is 0 Å². The van der Waals surface area contributed by atoms with E-state index in [1.165, 1.54) is 12.3 Å². The normalized spacial score (nSPS) is 10.4. The number of benzene rings is 1. The van der Waals surface area contributed by atoms with E-state index in [2.05, 4.69) is 20.9 Å². The summed E-state index contributed by atoms with van der Waals surface area (Å²) in [5.74, 6) is -1.07. The van der Waals surface area contributed by atoms with Crippen molar-refractivity contribution in [1.82, 2.24) is 4.98 Å². The van der Waals surface area contributed by atoms with Gasteiger partial charge in [0.15, 0.2) is 5.03 Å². The predicted octanol–water partition coefficient (Wildman–Crippen LogP) is 3.91. The molecule has 0 spiro atoms. The molecule has 2 aromatic rings. The highest BCUT2D eigenvalue weighted by atomic mass is 79.9. The van der Waals surface area contributed by atoms with Gasteiger partial charge in [-0.2, -0.15) is 0 Å². The summed E-state index contributed by atoms with van der Waals surface area (Å²) >= 11 is 4.21. The molecule has 0 radical (unpaired) electrons. The van der Waals surface area contributed by atoms with Crippen molar-refractivity contribution in [3.63, 3.8) is 0 Å². The molecule has 0 amide bonds. The minimum absolute atomic E-state index is 0.0673. The fourth-order valence-corrected chi connectivity index (χ4v) is 3.06. The molecular formula is C13H9BrN2O4S. The van der Waals surface area contributed by atoms with Crippen LogP contribution >= 0.6 is 27.7 Å². The van der Waals surface area contributed by atoms with Crippen LogP contribution in [-0.2, 0) is 0 Å². The molecule has 8 heteroatoms. The molecule has 2 rings (SSSR count). The van der Waals surface area contributed by atoms with Crippen LogP contribution in [0.3, 0.4) is 0 Å². The number of aromatic nitrogens is 1. The topological polar surface area (TPSA) is 93.3 Å². The zero-order valence-corrected chi connectivity index (χ0v) is 13.1. The number of halogens is 1. The Kier molecular flexibility index (Phi) is 4.59. The first-order valence-corrected chi connectivity index (χ1v) is 7.32. The number of nitrogens with zero attached hydrogens (tertiary/aromatic N) is 2. The fraction of sp³-hybridized carbons (Fsp3) is 0.0769. The SMILES string of the molecule is Cc1ccnc(Sc2ccc(Br)c(C(=O)O)c2)c1[N+](=O)[O-]. The molecule has 0 saturated carbocycles. The van der Waals surface area contributed by atoms with Gasteiger partial charge in [0.05, 0.1) is 10.5 Å². The number of aromatic carboxylic acids is 1. The molecule has 0 bridgehead atoms. The van der Waals surface area contributed by atoms with Gasteiger partial charge in [0.2, 0.25) is 0 Å². The maximum atomic E-state index is 11.1. The molecule has 0 aliphatic rings. The average molecular weight is 369 g/mol. The van der Waals surface area contributed by atoms with Gasteiger partial charge >= 0.3 is 11.7 Å². The lowest BCUT2D eigenvalue weighted by Crippen LogP contribution is -1.98. The van der Waals surface area contributed by atoms with Gasteiger partial charge in [-0.05, 0) is 47.1 Å². The summed E-state index contributed by atoms with van der Waals surface area (Å²) < 4.78 is 0.450. The molecule has 1 aromatic heterocycles. The van der Waals surface area contributed by atoms with E-state index < -0.39 is 10.9 Å². The van der Waals surface area contributed by atoms with Gasteiger partial charge < -0.3 is 5.11 Å². The Morgan fingerprint density at radius 2 is 2.14 bits per heavy atom. The van der Waals surface area contributed by atoms with Crippen LogP contribution in [0.4, 0.5) is 5.69 Å². The summed E-state index contributed by atoms with van der Waals surface area (Å²) in [5.41, 5.74) is 0.533. The molecule has 0 atom stereocenters. The van der Waals surface area contributed by atoms with E-state index in [9.17, 15) is 14.9 Å². The number of nitro groups is 1. The molecule has 1 heterocycles. The Bertz CT molecular complexity index is 736. The Morgan fingerprint density at radius 3 is 2.76 bits per heavy atom. The van der Waals surface area contributed by atoms with Gasteiger partial charge in [0.25, 0.3) is 0 Å². The highest BCUT2D eigenvalue weighted by Crippen LogP contribution is 2.36. The number of carboxylic acids is 1. The first-order chi connectivity index (χ1) is 9.90. The van der Waals surface area contributed by atoms with E-state index in [-0.39, 0.29) is 16.3 Å². The van der Waals surface area contributed by atoms with Crippen LogP contribution in [-0.4, -0.2) is 21.0 Å². The van der Waals surface area contributed by atoms with Crippen LogP contribution in [0.1, 0.15) is 15.9 Å². The Morgan fingerprint density at radius 1 is 1.43 bits per heavy atom. The number of aryl methyl sites for hydroxylation is 1. The van der Waals surface area contributed by atoms with Crippen LogP contribution in [0.25, 0.3) is 0 Å². The summed E-state index contributed by atoms with van der Waals surface area (Å²) in [6, 6.07) is 6.28. The number of pyridine rings is 1. The molecule has 1 N–H and O–H groups in total. The van der Waals surface area contributed by atoms with Crippen LogP contribution in [0, 0.1) is 17.0 Å². The van der Waals surface area contributed by atoms with Gasteiger partial charge in [-0.3, -0.25) is 10.1 Å². The van der Waals surface area contributed by atoms with Crippen molar-refractivity contribution in [1.29, 1.82) is 0 Å². The Labute approximate surface area is 132 Å².